The van der Waals surface area contributed by atoms with Crippen molar-refractivity contribution in [3.8, 4) is 5.75 Å². The van der Waals surface area contributed by atoms with Crippen molar-refractivity contribution in [3.05, 3.63) is 65.7 Å². The minimum Gasteiger partial charge on any atom is -0.496 e. The number of para-hydroxylation sites is 1. The standard InChI is InChI=1S/C19H22N2O4/c1-24-16-11-7-6-10-14(16)12-15(18(20)22)21-19(23)17(25-2)13-8-4-3-5-9-13/h3-11,15,17H,12H2,1-2H3,(H2,20,22)(H,21,23)/t15-,17+/m0/s1. The molecule has 2 atom stereocenters. The van der Waals surface area contributed by atoms with Gasteiger partial charge in [0.1, 0.15) is 11.8 Å². The topological polar surface area (TPSA) is 90.7 Å². The Labute approximate surface area is 146 Å². The first kappa shape index (κ1) is 18.5. The number of methoxy groups -OCH3 is 2. The number of rotatable bonds is 8. The third-order valence-electron chi connectivity index (χ3n) is 3.85. The number of ether oxygens (including phenoxy) is 2. The van der Waals surface area contributed by atoms with Crippen LogP contribution in [0, 0.1) is 0 Å². The molecule has 0 aliphatic rings. The minimum atomic E-state index is -0.870. The predicted octanol–water partition coefficient (Wildman–Crippen LogP) is 1.60. The quantitative estimate of drug-likeness (QED) is 0.762. The van der Waals surface area contributed by atoms with E-state index in [1.54, 1.807) is 25.3 Å². The smallest absolute Gasteiger partial charge is 0.254 e. The van der Waals surface area contributed by atoms with Gasteiger partial charge in [-0.2, -0.15) is 0 Å². The summed E-state index contributed by atoms with van der Waals surface area (Å²) in [6.45, 7) is 0. The maximum Gasteiger partial charge on any atom is 0.254 e. The molecule has 0 fully saturated rings. The third-order valence-corrected chi connectivity index (χ3v) is 3.85. The summed E-state index contributed by atoms with van der Waals surface area (Å²) in [7, 11) is 2.99. The van der Waals surface area contributed by atoms with E-state index in [4.69, 9.17) is 15.2 Å². The van der Waals surface area contributed by atoms with Crippen molar-refractivity contribution in [2.75, 3.05) is 14.2 Å². The molecular weight excluding hydrogens is 320 g/mol. The first-order valence-corrected chi connectivity index (χ1v) is 7.86. The average Bonchev–Trinajstić information content (AvgIpc) is 2.63. The van der Waals surface area contributed by atoms with Gasteiger partial charge in [-0.3, -0.25) is 9.59 Å². The maximum absolute atomic E-state index is 12.6. The molecule has 2 rings (SSSR count). The lowest BCUT2D eigenvalue weighted by atomic mass is 10.0. The van der Waals surface area contributed by atoms with Gasteiger partial charge < -0.3 is 20.5 Å². The van der Waals surface area contributed by atoms with Crippen LogP contribution >= 0.6 is 0 Å². The second-order valence-corrected chi connectivity index (χ2v) is 5.51. The van der Waals surface area contributed by atoms with Crippen LogP contribution < -0.4 is 15.8 Å². The van der Waals surface area contributed by atoms with E-state index < -0.39 is 24.0 Å². The molecule has 0 radical (unpaired) electrons. The molecule has 2 aromatic carbocycles. The van der Waals surface area contributed by atoms with Crippen LogP contribution in [0.25, 0.3) is 0 Å². The van der Waals surface area contributed by atoms with E-state index in [0.29, 0.717) is 11.3 Å². The summed E-state index contributed by atoms with van der Waals surface area (Å²) in [6.07, 6.45) is -0.586. The van der Waals surface area contributed by atoms with Gasteiger partial charge in [-0.25, -0.2) is 0 Å². The Morgan fingerprint density at radius 2 is 1.68 bits per heavy atom. The highest BCUT2D eigenvalue weighted by molar-refractivity contribution is 5.89. The SMILES string of the molecule is COc1ccccc1C[C@H](NC(=O)[C@H](OC)c1ccccc1)C(N)=O. The largest absolute Gasteiger partial charge is 0.496 e. The Balaban J connectivity index is 2.15. The van der Waals surface area contributed by atoms with Crippen LogP contribution in [0.1, 0.15) is 17.2 Å². The lowest BCUT2D eigenvalue weighted by molar-refractivity contribution is -0.134. The van der Waals surface area contributed by atoms with Gasteiger partial charge in [0.25, 0.3) is 5.91 Å². The first-order chi connectivity index (χ1) is 12.1. The summed E-state index contributed by atoms with van der Waals surface area (Å²) < 4.78 is 10.6. The second kappa shape index (κ2) is 8.84. The van der Waals surface area contributed by atoms with E-state index in [2.05, 4.69) is 5.32 Å². The van der Waals surface area contributed by atoms with Crippen LogP contribution in [0.2, 0.25) is 0 Å². The number of carbonyl (C=O) groups is 2. The van der Waals surface area contributed by atoms with E-state index in [0.717, 1.165) is 5.56 Å². The van der Waals surface area contributed by atoms with Crippen LogP contribution in [0.3, 0.4) is 0 Å². The van der Waals surface area contributed by atoms with Crippen molar-refractivity contribution in [1.29, 1.82) is 0 Å². The molecule has 2 amide bonds. The Kier molecular flexibility index (Phi) is 6.54. The van der Waals surface area contributed by atoms with Gasteiger partial charge in [-0.05, 0) is 17.2 Å². The van der Waals surface area contributed by atoms with Crippen molar-refractivity contribution in [1.82, 2.24) is 5.32 Å². The van der Waals surface area contributed by atoms with Gasteiger partial charge in [0.2, 0.25) is 5.91 Å². The third kappa shape index (κ3) is 4.81. The summed E-state index contributed by atoms with van der Waals surface area (Å²) in [5, 5.41) is 2.67. The van der Waals surface area contributed by atoms with Gasteiger partial charge >= 0.3 is 0 Å². The molecule has 0 bridgehead atoms. The fraction of sp³-hybridized carbons (Fsp3) is 0.263. The highest BCUT2D eigenvalue weighted by Crippen LogP contribution is 2.20. The minimum absolute atomic E-state index is 0.232. The van der Waals surface area contributed by atoms with E-state index >= 15 is 0 Å². The van der Waals surface area contributed by atoms with Crippen molar-refractivity contribution in [2.45, 2.75) is 18.6 Å². The van der Waals surface area contributed by atoms with Crippen LogP contribution in [-0.2, 0) is 20.7 Å². The molecule has 0 heterocycles. The fourth-order valence-corrected chi connectivity index (χ4v) is 2.58. The Morgan fingerprint density at radius 1 is 1.04 bits per heavy atom. The summed E-state index contributed by atoms with van der Waals surface area (Å²) in [5.74, 6) is -0.413. The van der Waals surface area contributed by atoms with Gasteiger partial charge in [-0.1, -0.05) is 48.5 Å². The number of hydrogen-bond acceptors (Lipinski definition) is 4. The fourth-order valence-electron chi connectivity index (χ4n) is 2.58. The summed E-state index contributed by atoms with van der Waals surface area (Å²) in [6, 6.07) is 15.5. The summed E-state index contributed by atoms with van der Waals surface area (Å²) >= 11 is 0. The van der Waals surface area contributed by atoms with Crippen LogP contribution in [-0.4, -0.2) is 32.1 Å². The van der Waals surface area contributed by atoms with Gasteiger partial charge in [0, 0.05) is 13.5 Å². The van der Waals surface area contributed by atoms with E-state index in [1.807, 2.05) is 36.4 Å². The zero-order chi connectivity index (χ0) is 18.2. The Hall–Kier alpha value is -2.86. The number of primary amides is 1. The molecule has 6 heteroatoms. The van der Waals surface area contributed by atoms with Crippen LogP contribution in [0.15, 0.2) is 54.6 Å². The number of hydrogen-bond donors (Lipinski definition) is 2. The number of carbonyl (C=O) groups excluding carboxylic acids is 2. The lowest BCUT2D eigenvalue weighted by Crippen LogP contribution is -2.47. The molecule has 6 nitrogen and oxygen atoms in total. The van der Waals surface area contributed by atoms with E-state index in [1.165, 1.54) is 7.11 Å². The zero-order valence-corrected chi connectivity index (χ0v) is 14.3. The Bertz CT molecular complexity index is 718. The molecule has 25 heavy (non-hydrogen) atoms. The van der Waals surface area contributed by atoms with Crippen molar-refractivity contribution >= 4 is 11.8 Å². The number of nitrogens with two attached hydrogens (primary N) is 1. The molecular formula is C19H22N2O4. The molecule has 3 N–H and O–H groups in total. The molecule has 0 spiro atoms. The number of benzene rings is 2. The van der Waals surface area contributed by atoms with Crippen molar-refractivity contribution in [2.24, 2.45) is 5.73 Å². The number of amides is 2. The zero-order valence-electron chi connectivity index (χ0n) is 14.3. The molecule has 132 valence electrons. The second-order valence-electron chi connectivity index (χ2n) is 5.51. The van der Waals surface area contributed by atoms with E-state index in [-0.39, 0.29) is 6.42 Å². The van der Waals surface area contributed by atoms with Gasteiger partial charge in [-0.15, -0.1) is 0 Å². The molecule has 0 aliphatic carbocycles. The normalized spacial score (nSPS) is 12.9. The monoisotopic (exact) mass is 342 g/mol. The highest BCUT2D eigenvalue weighted by atomic mass is 16.5. The predicted molar refractivity (Wildman–Crippen MR) is 94.0 cm³/mol. The van der Waals surface area contributed by atoms with Crippen molar-refractivity contribution < 1.29 is 19.1 Å². The molecule has 2 aromatic rings. The summed E-state index contributed by atoms with van der Waals surface area (Å²) in [4.78, 5) is 24.4. The molecule has 0 saturated carbocycles. The molecule has 0 aromatic heterocycles. The molecule has 0 aliphatic heterocycles. The van der Waals surface area contributed by atoms with Crippen LogP contribution in [0.4, 0.5) is 0 Å². The lowest BCUT2D eigenvalue weighted by Gasteiger charge is -2.21. The maximum atomic E-state index is 12.6. The average molecular weight is 342 g/mol. The Morgan fingerprint density at radius 3 is 2.28 bits per heavy atom. The van der Waals surface area contributed by atoms with Gasteiger partial charge in [0.15, 0.2) is 6.10 Å². The highest BCUT2D eigenvalue weighted by Gasteiger charge is 2.26. The number of nitrogens with one attached hydrogen (secondary N) is 1. The van der Waals surface area contributed by atoms with Crippen LogP contribution in [0.5, 0.6) is 5.75 Å². The van der Waals surface area contributed by atoms with Gasteiger partial charge in [0.05, 0.1) is 7.11 Å². The van der Waals surface area contributed by atoms with Crippen molar-refractivity contribution in [3.63, 3.8) is 0 Å². The molecule has 0 unspecified atom stereocenters. The summed E-state index contributed by atoms with van der Waals surface area (Å²) in [5.41, 5.74) is 6.95. The first-order valence-electron chi connectivity index (χ1n) is 7.86. The van der Waals surface area contributed by atoms with E-state index in [9.17, 15) is 9.59 Å². The molecule has 0 saturated heterocycles.